The summed E-state index contributed by atoms with van der Waals surface area (Å²) in [6.07, 6.45) is 6.31. The van der Waals surface area contributed by atoms with Crippen LogP contribution in [0.2, 0.25) is 5.15 Å². The van der Waals surface area contributed by atoms with Gasteiger partial charge in [-0.15, -0.1) is 0 Å². The summed E-state index contributed by atoms with van der Waals surface area (Å²) in [6, 6.07) is 2.53. The van der Waals surface area contributed by atoms with E-state index in [1.54, 1.807) is 4.68 Å². The van der Waals surface area contributed by atoms with Crippen LogP contribution in [-0.4, -0.2) is 9.78 Å². The SMILES string of the molecule is Cc1nn(C)c(Cl)c1CC1(C#N)CCCCC1. The molecule has 1 aromatic heterocycles. The van der Waals surface area contributed by atoms with Crippen molar-refractivity contribution < 1.29 is 0 Å². The first-order valence-electron chi connectivity index (χ1n) is 6.17. The van der Waals surface area contributed by atoms with E-state index >= 15 is 0 Å². The van der Waals surface area contributed by atoms with Crippen LogP contribution in [0.25, 0.3) is 0 Å². The summed E-state index contributed by atoms with van der Waals surface area (Å²) in [5, 5.41) is 14.5. The van der Waals surface area contributed by atoms with E-state index in [0.717, 1.165) is 43.4 Å². The van der Waals surface area contributed by atoms with E-state index in [2.05, 4.69) is 11.2 Å². The van der Waals surface area contributed by atoms with Crippen molar-refractivity contribution in [2.75, 3.05) is 0 Å². The number of hydrogen-bond acceptors (Lipinski definition) is 2. The third-order valence-electron chi connectivity index (χ3n) is 3.83. The van der Waals surface area contributed by atoms with E-state index in [9.17, 15) is 5.26 Å². The minimum absolute atomic E-state index is 0.213. The van der Waals surface area contributed by atoms with Crippen molar-refractivity contribution in [1.29, 1.82) is 5.26 Å². The minimum Gasteiger partial charge on any atom is -0.257 e. The molecule has 0 amide bonds. The van der Waals surface area contributed by atoms with Gasteiger partial charge in [0.25, 0.3) is 0 Å². The maximum atomic E-state index is 9.47. The molecule has 0 saturated heterocycles. The van der Waals surface area contributed by atoms with Crippen LogP contribution in [0.3, 0.4) is 0 Å². The Labute approximate surface area is 107 Å². The molecule has 0 unspecified atom stereocenters. The van der Waals surface area contributed by atoms with Gasteiger partial charge in [-0.1, -0.05) is 30.9 Å². The van der Waals surface area contributed by atoms with Crippen LogP contribution in [0.5, 0.6) is 0 Å². The van der Waals surface area contributed by atoms with Crippen LogP contribution in [0.1, 0.15) is 43.4 Å². The lowest BCUT2D eigenvalue weighted by Gasteiger charge is -2.30. The third-order valence-corrected chi connectivity index (χ3v) is 4.31. The molecular formula is C13H18ClN3. The average Bonchev–Trinajstić information content (AvgIpc) is 2.57. The summed E-state index contributed by atoms with van der Waals surface area (Å²) >= 11 is 6.24. The molecule has 0 spiro atoms. The Morgan fingerprint density at radius 1 is 1.41 bits per heavy atom. The number of hydrogen-bond donors (Lipinski definition) is 0. The largest absolute Gasteiger partial charge is 0.257 e. The molecule has 0 radical (unpaired) electrons. The number of rotatable bonds is 2. The van der Waals surface area contributed by atoms with E-state index in [4.69, 9.17) is 11.6 Å². The minimum atomic E-state index is -0.213. The van der Waals surface area contributed by atoms with Crippen molar-refractivity contribution in [1.82, 2.24) is 9.78 Å². The maximum Gasteiger partial charge on any atom is 0.130 e. The van der Waals surface area contributed by atoms with Crippen LogP contribution in [0, 0.1) is 23.7 Å². The molecule has 0 N–H and O–H groups in total. The molecule has 0 atom stereocenters. The van der Waals surface area contributed by atoms with Gasteiger partial charge in [0, 0.05) is 12.6 Å². The summed E-state index contributed by atoms with van der Waals surface area (Å²) in [5.41, 5.74) is 1.80. The Bertz CT molecular complexity index is 450. The van der Waals surface area contributed by atoms with E-state index in [-0.39, 0.29) is 5.41 Å². The van der Waals surface area contributed by atoms with Gasteiger partial charge in [-0.25, -0.2) is 0 Å². The van der Waals surface area contributed by atoms with Crippen LogP contribution >= 0.6 is 11.6 Å². The molecule has 1 aliphatic rings. The average molecular weight is 252 g/mol. The van der Waals surface area contributed by atoms with Gasteiger partial charge in [0.1, 0.15) is 5.15 Å². The molecule has 17 heavy (non-hydrogen) atoms. The number of nitriles is 1. The van der Waals surface area contributed by atoms with Crippen molar-refractivity contribution in [2.24, 2.45) is 12.5 Å². The Morgan fingerprint density at radius 3 is 2.53 bits per heavy atom. The molecule has 1 aliphatic carbocycles. The summed E-state index contributed by atoms with van der Waals surface area (Å²) in [5.74, 6) is 0. The van der Waals surface area contributed by atoms with Crippen molar-refractivity contribution in [3.8, 4) is 6.07 Å². The summed E-state index contributed by atoms with van der Waals surface area (Å²) in [4.78, 5) is 0. The quantitative estimate of drug-likeness (QED) is 0.808. The van der Waals surface area contributed by atoms with Gasteiger partial charge in [-0.2, -0.15) is 10.4 Å². The highest BCUT2D eigenvalue weighted by atomic mass is 35.5. The normalized spacial score (nSPS) is 18.9. The fourth-order valence-corrected chi connectivity index (χ4v) is 3.01. The molecule has 0 aliphatic heterocycles. The molecule has 1 heterocycles. The van der Waals surface area contributed by atoms with Gasteiger partial charge in [0.15, 0.2) is 0 Å². The number of aromatic nitrogens is 2. The third kappa shape index (κ3) is 2.32. The second-order valence-electron chi connectivity index (χ2n) is 5.11. The molecule has 1 saturated carbocycles. The van der Waals surface area contributed by atoms with E-state index < -0.39 is 0 Å². The van der Waals surface area contributed by atoms with Gasteiger partial charge < -0.3 is 0 Å². The topological polar surface area (TPSA) is 41.6 Å². The molecule has 2 rings (SSSR count). The number of aryl methyl sites for hydroxylation is 2. The van der Waals surface area contributed by atoms with Crippen molar-refractivity contribution in [2.45, 2.75) is 45.4 Å². The predicted octanol–water partition coefficient (Wildman–Crippen LogP) is 3.40. The zero-order chi connectivity index (χ0) is 12.5. The van der Waals surface area contributed by atoms with Crippen LogP contribution in [0.4, 0.5) is 0 Å². The Kier molecular flexibility index (Phi) is 3.44. The molecular weight excluding hydrogens is 234 g/mol. The zero-order valence-electron chi connectivity index (χ0n) is 10.5. The Morgan fingerprint density at radius 2 is 2.06 bits per heavy atom. The molecule has 0 bridgehead atoms. The second kappa shape index (κ2) is 4.70. The molecule has 0 aromatic carbocycles. The lowest BCUT2D eigenvalue weighted by molar-refractivity contribution is 0.265. The lowest BCUT2D eigenvalue weighted by Crippen LogP contribution is -2.25. The van der Waals surface area contributed by atoms with E-state index in [1.807, 2.05) is 14.0 Å². The lowest BCUT2D eigenvalue weighted by atomic mass is 9.71. The summed E-state index contributed by atoms with van der Waals surface area (Å²) in [6.45, 7) is 1.97. The first-order chi connectivity index (χ1) is 8.08. The second-order valence-corrected chi connectivity index (χ2v) is 5.47. The standard InChI is InChI=1S/C13H18ClN3/c1-10-11(12(14)17(2)16-10)8-13(9-15)6-4-3-5-7-13/h3-8H2,1-2H3. The summed E-state index contributed by atoms with van der Waals surface area (Å²) in [7, 11) is 1.85. The maximum absolute atomic E-state index is 9.47. The first kappa shape index (κ1) is 12.4. The molecule has 1 aromatic rings. The number of nitrogens with zero attached hydrogens (tertiary/aromatic N) is 3. The van der Waals surface area contributed by atoms with E-state index in [0.29, 0.717) is 5.15 Å². The Hall–Kier alpha value is -1.01. The predicted molar refractivity (Wildman–Crippen MR) is 67.8 cm³/mol. The highest BCUT2D eigenvalue weighted by molar-refractivity contribution is 6.30. The van der Waals surface area contributed by atoms with Crippen LogP contribution in [-0.2, 0) is 13.5 Å². The number of halogens is 1. The zero-order valence-corrected chi connectivity index (χ0v) is 11.2. The molecule has 1 fully saturated rings. The van der Waals surface area contributed by atoms with Gasteiger partial charge in [0.05, 0.1) is 17.2 Å². The van der Waals surface area contributed by atoms with Gasteiger partial charge in [0.2, 0.25) is 0 Å². The Balaban J connectivity index is 2.27. The van der Waals surface area contributed by atoms with Gasteiger partial charge in [-0.05, 0) is 26.2 Å². The van der Waals surface area contributed by atoms with Crippen LogP contribution < -0.4 is 0 Å². The smallest absolute Gasteiger partial charge is 0.130 e. The van der Waals surface area contributed by atoms with E-state index in [1.165, 1.54) is 6.42 Å². The first-order valence-corrected chi connectivity index (χ1v) is 6.55. The van der Waals surface area contributed by atoms with Crippen molar-refractivity contribution >= 4 is 11.6 Å². The molecule has 4 heteroatoms. The van der Waals surface area contributed by atoms with Gasteiger partial charge in [-0.3, -0.25) is 4.68 Å². The highest BCUT2D eigenvalue weighted by Gasteiger charge is 2.34. The summed E-state index contributed by atoms with van der Waals surface area (Å²) < 4.78 is 1.69. The molecule has 3 nitrogen and oxygen atoms in total. The van der Waals surface area contributed by atoms with Crippen molar-refractivity contribution in [3.05, 3.63) is 16.4 Å². The van der Waals surface area contributed by atoms with Gasteiger partial charge >= 0.3 is 0 Å². The van der Waals surface area contributed by atoms with Crippen LogP contribution in [0.15, 0.2) is 0 Å². The fourth-order valence-electron chi connectivity index (χ4n) is 2.77. The highest BCUT2D eigenvalue weighted by Crippen LogP contribution is 2.40. The van der Waals surface area contributed by atoms with Crippen molar-refractivity contribution in [3.63, 3.8) is 0 Å². The molecule has 92 valence electrons. The monoisotopic (exact) mass is 251 g/mol. The fraction of sp³-hybridized carbons (Fsp3) is 0.692.